The summed E-state index contributed by atoms with van der Waals surface area (Å²) in [5.41, 5.74) is -0.312. The van der Waals surface area contributed by atoms with Crippen molar-refractivity contribution in [1.29, 1.82) is 0 Å². The first-order valence-electron chi connectivity index (χ1n) is 6.42. The molecule has 1 aliphatic heterocycles. The predicted octanol–water partition coefficient (Wildman–Crippen LogP) is -0.00500. The maximum atomic E-state index is 12.0. The van der Waals surface area contributed by atoms with Crippen molar-refractivity contribution in [2.75, 3.05) is 26.2 Å². The predicted molar refractivity (Wildman–Crippen MR) is 72.5 cm³/mol. The summed E-state index contributed by atoms with van der Waals surface area (Å²) in [6, 6.07) is 2.52. The molecule has 1 aromatic rings. The van der Waals surface area contributed by atoms with E-state index in [1.54, 1.807) is 0 Å². The first-order valence-corrected chi connectivity index (χ1v) is 7.90. The molecule has 7 heteroatoms. The molecule has 0 bridgehead atoms. The van der Waals surface area contributed by atoms with Crippen LogP contribution in [-0.4, -0.2) is 44.5 Å². The Morgan fingerprint density at radius 3 is 2.84 bits per heavy atom. The van der Waals surface area contributed by atoms with Gasteiger partial charge in [-0.25, -0.2) is 13.1 Å². The number of nitrogens with zero attached hydrogens (tertiary/aromatic N) is 1. The summed E-state index contributed by atoms with van der Waals surface area (Å²) in [6.45, 7) is 5.51. The van der Waals surface area contributed by atoms with Crippen molar-refractivity contribution in [1.82, 2.24) is 14.6 Å². The molecule has 0 spiro atoms. The van der Waals surface area contributed by atoms with E-state index < -0.39 is 10.0 Å². The maximum absolute atomic E-state index is 12.0. The van der Waals surface area contributed by atoms with E-state index in [-0.39, 0.29) is 10.5 Å². The Hall–Kier alpha value is -1.18. The van der Waals surface area contributed by atoms with Crippen LogP contribution in [0, 0.1) is 5.92 Å². The van der Waals surface area contributed by atoms with Crippen molar-refractivity contribution < 1.29 is 8.42 Å². The van der Waals surface area contributed by atoms with Crippen LogP contribution in [0.25, 0.3) is 0 Å². The highest BCUT2D eigenvalue weighted by atomic mass is 32.2. The molecule has 2 N–H and O–H groups in total. The van der Waals surface area contributed by atoms with Gasteiger partial charge in [-0.15, -0.1) is 0 Å². The summed E-state index contributed by atoms with van der Waals surface area (Å²) in [5, 5.41) is 0. The number of hydrogen-bond acceptors (Lipinski definition) is 4. The van der Waals surface area contributed by atoms with E-state index in [4.69, 9.17) is 0 Å². The molecule has 106 valence electrons. The zero-order valence-corrected chi connectivity index (χ0v) is 11.7. The molecule has 1 saturated heterocycles. The van der Waals surface area contributed by atoms with Crippen molar-refractivity contribution in [2.24, 2.45) is 5.92 Å². The van der Waals surface area contributed by atoms with Crippen LogP contribution in [0.15, 0.2) is 28.0 Å². The molecular formula is C12H19N3O3S. The third-order valence-electron chi connectivity index (χ3n) is 3.45. The Bertz CT molecular complexity index is 562. The van der Waals surface area contributed by atoms with E-state index in [9.17, 15) is 13.2 Å². The van der Waals surface area contributed by atoms with Gasteiger partial charge in [-0.2, -0.15) is 0 Å². The number of aromatic amines is 1. The first-order chi connectivity index (χ1) is 9.01. The summed E-state index contributed by atoms with van der Waals surface area (Å²) in [7, 11) is -3.53. The first kappa shape index (κ1) is 14.2. The van der Waals surface area contributed by atoms with Crippen LogP contribution in [-0.2, 0) is 10.0 Å². The number of rotatable bonds is 5. The minimum atomic E-state index is -3.53. The van der Waals surface area contributed by atoms with Gasteiger partial charge in [0.2, 0.25) is 15.6 Å². The highest BCUT2D eigenvalue weighted by Gasteiger charge is 2.23. The lowest BCUT2D eigenvalue weighted by atomic mass is 10.1. The Morgan fingerprint density at radius 2 is 2.26 bits per heavy atom. The molecule has 2 heterocycles. The van der Waals surface area contributed by atoms with E-state index >= 15 is 0 Å². The van der Waals surface area contributed by atoms with Crippen molar-refractivity contribution in [2.45, 2.75) is 18.2 Å². The van der Waals surface area contributed by atoms with E-state index in [1.807, 2.05) is 0 Å². The van der Waals surface area contributed by atoms with Crippen molar-refractivity contribution >= 4 is 10.0 Å². The zero-order valence-electron chi connectivity index (χ0n) is 10.9. The number of pyridine rings is 1. The molecule has 2 rings (SSSR count). The molecule has 1 aromatic heterocycles. The average molecular weight is 285 g/mol. The van der Waals surface area contributed by atoms with Crippen LogP contribution in [0.5, 0.6) is 0 Å². The fraction of sp³-hybridized carbons (Fsp3) is 0.583. The molecule has 0 amide bonds. The number of likely N-dealkylation sites (tertiary alicyclic amines) is 1. The summed E-state index contributed by atoms with van der Waals surface area (Å²) >= 11 is 0. The smallest absolute Gasteiger partial charge is 0.247 e. The lowest BCUT2D eigenvalue weighted by Gasteiger charge is -2.13. The van der Waals surface area contributed by atoms with Gasteiger partial charge in [0.05, 0.1) is 4.90 Å². The van der Waals surface area contributed by atoms with Crippen LogP contribution >= 0.6 is 0 Å². The van der Waals surface area contributed by atoms with E-state index in [2.05, 4.69) is 21.5 Å². The zero-order chi connectivity index (χ0) is 13.9. The summed E-state index contributed by atoms with van der Waals surface area (Å²) in [4.78, 5) is 15.7. The lowest BCUT2D eigenvalue weighted by molar-refractivity contribution is 0.342. The maximum Gasteiger partial charge on any atom is 0.247 e. The number of H-pyrrole nitrogens is 1. The van der Waals surface area contributed by atoms with Crippen molar-refractivity contribution in [3.8, 4) is 0 Å². The molecule has 0 saturated carbocycles. The van der Waals surface area contributed by atoms with E-state index in [0.29, 0.717) is 12.5 Å². The molecule has 0 aliphatic carbocycles. The summed E-state index contributed by atoms with van der Waals surface area (Å²) < 4.78 is 26.6. The van der Waals surface area contributed by atoms with Crippen LogP contribution in [0.1, 0.15) is 13.3 Å². The molecule has 1 unspecified atom stereocenters. The van der Waals surface area contributed by atoms with Crippen LogP contribution in [0.3, 0.4) is 0 Å². The van der Waals surface area contributed by atoms with Crippen molar-refractivity contribution in [3.05, 3.63) is 28.7 Å². The molecule has 1 atom stereocenters. The number of aromatic nitrogens is 1. The Kier molecular flexibility index (Phi) is 4.38. The number of hydrogen-bond donors (Lipinski definition) is 2. The Labute approximate surface area is 112 Å². The topological polar surface area (TPSA) is 82.3 Å². The summed E-state index contributed by atoms with van der Waals surface area (Å²) in [5.74, 6) is 0.359. The summed E-state index contributed by atoms with van der Waals surface area (Å²) in [6.07, 6.45) is 2.24. The molecule has 1 fully saturated rings. The Morgan fingerprint density at radius 1 is 1.47 bits per heavy atom. The third-order valence-corrected chi connectivity index (χ3v) is 4.87. The SMILES string of the molecule is CCN1CCC(CNS(=O)(=O)c2ccc(=O)[nH]c2)C1. The highest BCUT2D eigenvalue weighted by Crippen LogP contribution is 2.15. The van der Waals surface area contributed by atoms with Gasteiger partial charge in [0.25, 0.3) is 0 Å². The monoisotopic (exact) mass is 285 g/mol. The molecule has 19 heavy (non-hydrogen) atoms. The Balaban J connectivity index is 1.95. The molecular weight excluding hydrogens is 266 g/mol. The molecule has 0 aromatic carbocycles. The van der Waals surface area contributed by atoms with Gasteiger partial charge in [-0.1, -0.05) is 6.92 Å². The quantitative estimate of drug-likeness (QED) is 0.797. The second kappa shape index (κ2) is 5.85. The standard InChI is InChI=1S/C12H19N3O3S/c1-2-15-6-5-10(9-15)7-14-19(17,18)11-3-4-12(16)13-8-11/h3-4,8,10,14H,2,5-7,9H2,1H3,(H,13,16). The minimum absolute atomic E-state index is 0.0949. The average Bonchev–Trinajstić information content (AvgIpc) is 2.85. The van der Waals surface area contributed by atoms with Gasteiger partial charge in [0.15, 0.2) is 0 Å². The highest BCUT2D eigenvalue weighted by molar-refractivity contribution is 7.89. The van der Waals surface area contributed by atoms with Gasteiger partial charge in [-0.3, -0.25) is 4.79 Å². The fourth-order valence-corrected chi connectivity index (χ4v) is 3.32. The molecule has 1 aliphatic rings. The van der Waals surface area contributed by atoms with Gasteiger partial charge in [-0.05, 0) is 31.5 Å². The van der Waals surface area contributed by atoms with Crippen LogP contribution < -0.4 is 10.3 Å². The third kappa shape index (κ3) is 3.65. The van der Waals surface area contributed by atoms with Gasteiger partial charge in [0, 0.05) is 25.4 Å². The minimum Gasteiger partial charge on any atom is -0.328 e. The molecule has 0 radical (unpaired) electrons. The largest absolute Gasteiger partial charge is 0.328 e. The van der Waals surface area contributed by atoms with Gasteiger partial charge >= 0.3 is 0 Å². The lowest BCUT2D eigenvalue weighted by Crippen LogP contribution is -2.31. The van der Waals surface area contributed by atoms with Gasteiger partial charge < -0.3 is 9.88 Å². The van der Waals surface area contributed by atoms with Crippen LogP contribution in [0.2, 0.25) is 0 Å². The van der Waals surface area contributed by atoms with Gasteiger partial charge in [0.1, 0.15) is 0 Å². The number of nitrogens with one attached hydrogen (secondary N) is 2. The second-order valence-electron chi connectivity index (χ2n) is 4.79. The molecule has 6 nitrogen and oxygen atoms in total. The van der Waals surface area contributed by atoms with Crippen molar-refractivity contribution in [3.63, 3.8) is 0 Å². The second-order valence-corrected chi connectivity index (χ2v) is 6.56. The fourth-order valence-electron chi connectivity index (χ4n) is 2.24. The number of sulfonamides is 1. The van der Waals surface area contributed by atoms with Crippen LogP contribution in [0.4, 0.5) is 0 Å². The van der Waals surface area contributed by atoms with E-state index in [1.165, 1.54) is 18.3 Å². The van der Waals surface area contributed by atoms with E-state index in [0.717, 1.165) is 26.1 Å². The normalized spacial score (nSPS) is 20.8.